The van der Waals surface area contributed by atoms with Crippen molar-refractivity contribution >= 4 is 12.0 Å². The molecule has 82 valence electrons. The van der Waals surface area contributed by atoms with Crippen LogP contribution in [0.4, 0.5) is 4.79 Å². The van der Waals surface area contributed by atoms with Crippen LogP contribution in [0.3, 0.4) is 0 Å². The first-order valence-corrected chi connectivity index (χ1v) is 4.56. The Kier molecular flexibility index (Phi) is 5.67. The number of amides is 2. The number of methoxy groups -OCH3 is 1. The largest absolute Gasteiger partial charge is 0.468 e. The van der Waals surface area contributed by atoms with Crippen LogP contribution in [0, 0.1) is 0 Å². The van der Waals surface area contributed by atoms with Gasteiger partial charge in [0.15, 0.2) is 0 Å². The molecule has 0 aliphatic rings. The second-order valence-electron chi connectivity index (χ2n) is 3.17. The number of ether oxygens (including phenoxy) is 1. The van der Waals surface area contributed by atoms with E-state index in [4.69, 9.17) is 0 Å². The predicted molar refractivity (Wildman–Crippen MR) is 53.0 cm³/mol. The summed E-state index contributed by atoms with van der Waals surface area (Å²) in [5, 5.41) is 0. The normalized spacial score (nSPS) is 9.43. The van der Waals surface area contributed by atoms with Gasteiger partial charge >= 0.3 is 12.0 Å². The Morgan fingerprint density at radius 3 is 2.21 bits per heavy atom. The number of carbonyl (C=O) groups excluding carboxylic acids is 2. The maximum Gasteiger partial charge on any atom is 0.325 e. The topological polar surface area (TPSA) is 49.9 Å². The lowest BCUT2D eigenvalue weighted by atomic mass is 10.4. The lowest BCUT2D eigenvalue weighted by Gasteiger charge is -2.24. The van der Waals surface area contributed by atoms with Crippen molar-refractivity contribution in [1.82, 2.24) is 9.80 Å². The minimum absolute atomic E-state index is 0.0152. The van der Waals surface area contributed by atoms with Gasteiger partial charge in [0.2, 0.25) is 0 Å². The maximum absolute atomic E-state index is 11.5. The van der Waals surface area contributed by atoms with Crippen molar-refractivity contribution in [2.75, 3.05) is 34.3 Å². The summed E-state index contributed by atoms with van der Waals surface area (Å²) in [4.78, 5) is 25.4. The van der Waals surface area contributed by atoms with Crippen LogP contribution in [0.15, 0.2) is 0 Å². The molecule has 0 radical (unpaired) electrons. The van der Waals surface area contributed by atoms with Gasteiger partial charge in [0.1, 0.15) is 6.54 Å². The van der Waals surface area contributed by atoms with Gasteiger partial charge in [-0.3, -0.25) is 4.79 Å². The van der Waals surface area contributed by atoms with E-state index in [0.717, 1.165) is 6.42 Å². The second-order valence-corrected chi connectivity index (χ2v) is 3.17. The van der Waals surface area contributed by atoms with Crippen molar-refractivity contribution in [3.05, 3.63) is 0 Å². The van der Waals surface area contributed by atoms with E-state index in [1.165, 1.54) is 16.9 Å². The second kappa shape index (κ2) is 6.23. The van der Waals surface area contributed by atoms with Crippen LogP contribution in [0.25, 0.3) is 0 Å². The smallest absolute Gasteiger partial charge is 0.325 e. The summed E-state index contributed by atoms with van der Waals surface area (Å²) in [5.74, 6) is -0.395. The third-order valence-corrected chi connectivity index (χ3v) is 1.69. The van der Waals surface area contributed by atoms with Crippen molar-refractivity contribution in [3.63, 3.8) is 0 Å². The van der Waals surface area contributed by atoms with E-state index in [1.54, 1.807) is 14.1 Å². The molecule has 0 aliphatic carbocycles. The zero-order chi connectivity index (χ0) is 11.1. The van der Waals surface area contributed by atoms with E-state index in [-0.39, 0.29) is 12.6 Å². The highest BCUT2D eigenvalue weighted by molar-refractivity contribution is 5.80. The minimum Gasteiger partial charge on any atom is -0.468 e. The van der Waals surface area contributed by atoms with Crippen LogP contribution < -0.4 is 0 Å². The summed E-state index contributed by atoms with van der Waals surface area (Å²) in [5.41, 5.74) is 0. The molecule has 0 unspecified atom stereocenters. The SMILES string of the molecule is CCCN(CC(=O)OC)C(=O)N(C)C. The van der Waals surface area contributed by atoms with Gasteiger partial charge in [-0.2, -0.15) is 0 Å². The van der Waals surface area contributed by atoms with Crippen LogP contribution in [-0.2, 0) is 9.53 Å². The van der Waals surface area contributed by atoms with Crippen LogP contribution in [0.1, 0.15) is 13.3 Å². The number of rotatable bonds is 4. The van der Waals surface area contributed by atoms with Gasteiger partial charge < -0.3 is 14.5 Å². The first kappa shape index (κ1) is 12.7. The molecule has 0 rings (SSSR count). The van der Waals surface area contributed by atoms with Crippen LogP contribution in [0.2, 0.25) is 0 Å². The van der Waals surface area contributed by atoms with Crippen molar-refractivity contribution in [1.29, 1.82) is 0 Å². The Labute approximate surface area is 84.6 Å². The van der Waals surface area contributed by atoms with E-state index >= 15 is 0 Å². The van der Waals surface area contributed by atoms with Crippen LogP contribution >= 0.6 is 0 Å². The Bertz CT molecular complexity index is 204. The molecular formula is C9H18N2O3. The first-order valence-electron chi connectivity index (χ1n) is 4.56. The Balaban J connectivity index is 4.28. The first-order chi connectivity index (χ1) is 6.52. The van der Waals surface area contributed by atoms with E-state index in [9.17, 15) is 9.59 Å². The molecule has 2 amide bonds. The van der Waals surface area contributed by atoms with Gasteiger partial charge in [-0.05, 0) is 6.42 Å². The molecule has 0 fully saturated rings. The number of urea groups is 1. The highest BCUT2D eigenvalue weighted by Crippen LogP contribution is 1.97. The molecule has 5 nitrogen and oxygen atoms in total. The monoisotopic (exact) mass is 202 g/mol. The van der Waals surface area contributed by atoms with Gasteiger partial charge in [-0.25, -0.2) is 4.79 Å². The summed E-state index contributed by atoms with van der Waals surface area (Å²) in [6, 6.07) is -0.169. The molecule has 0 aliphatic heterocycles. The Morgan fingerprint density at radius 1 is 1.29 bits per heavy atom. The minimum atomic E-state index is -0.395. The van der Waals surface area contributed by atoms with Gasteiger partial charge in [0.25, 0.3) is 0 Å². The number of hydrogen-bond acceptors (Lipinski definition) is 3. The molecule has 0 aromatic heterocycles. The molecule has 0 saturated carbocycles. The van der Waals surface area contributed by atoms with E-state index in [2.05, 4.69) is 4.74 Å². The molecule has 0 aromatic carbocycles. The fourth-order valence-corrected chi connectivity index (χ4v) is 1.02. The van der Waals surface area contributed by atoms with E-state index in [1.807, 2.05) is 6.92 Å². The molecule has 0 heterocycles. The van der Waals surface area contributed by atoms with E-state index in [0.29, 0.717) is 6.54 Å². The number of nitrogens with zero attached hydrogens (tertiary/aromatic N) is 2. The highest BCUT2D eigenvalue weighted by atomic mass is 16.5. The zero-order valence-corrected chi connectivity index (χ0v) is 9.24. The fraction of sp³-hybridized carbons (Fsp3) is 0.778. The summed E-state index contributed by atoms with van der Waals surface area (Å²) >= 11 is 0. The summed E-state index contributed by atoms with van der Waals surface area (Å²) < 4.78 is 4.51. The quantitative estimate of drug-likeness (QED) is 0.626. The lowest BCUT2D eigenvalue weighted by Crippen LogP contribution is -2.42. The van der Waals surface area contributed by atoms with Crippen molar-refractivity contribution in [2.45, 2.75) is 13.3 Å². The lowest BCUT2D eigenvalue weighted by molar-refractivity contribution is -0.141. The maximum atomic E-state index is 11.5. The third-order valence-electron chi connectivity index (χ3n) is 1.69. The average Bonchev–Trinajstić information content (AvgIpc) is 2.15. The summed E-state index contributed by atoms with van der Waals surface area (Å²) in [7, 11) is 4.62. The van der Waals surface area contributed by atoms with Gasteiger partial charge in [-0.1, -0.05) is 6.92 Å². The number of hydrogen-bond donors (Lipinski definition) is 0. The molecule has 0 saturated heterocycles. The molecule has 14 heavy (non-hydrogen) atoms. The highest BCUT2D eigenvalue weighted by Gasteiger charge is 2.17. The number of esters is 1. The molecular weight excluding hydrogens is 184 g/mol. The Hall–Kier alpha value is -1.26. The van der Waals surface area contributed by atoms with Gasteiger partial charge in [0.05, 0.1) is 7.11 Å². The summed E-state index contributed by atoms with van der Waals surface area (Å²) in [6.45, 7) is 2.53. The molecule has 0 aromatic rings. The fourth-order valence-electron chi connectivity index (χ4n) is 1.02. The van der Waals surface area contributed by atoms with Crippen LogP contribution in [0.5, 0.6) is 0 Å². The molecule has 0 atom stereocenters. The van der Waals surface area contributed by atoms with Crippen molar-refractivity contribution < 1.29 is 14.3 Å². The molecule has 0 N–H and O–H groups in total. The van der Waals surface area contributed by atoms with Crippen molar-refractivity contribution in [3.8, 4) is 0 Å². The molecule has 5 heteroatoms. The van der Waals surface area contributed by atoms with E-state index < -0.39 is 5.97 Å². The average molecular weight is 202 g/mol. The van der Waals surface area contributed by atoms with Gasteiger partial charge in [-0.15, -0.1) is 0 Å². The van der Waals surface area contributed by atoms with Crippen molar-refractivity contribution in [2.24, 2.45) is 0 Å². The van der Waals surface area contributed by atoms with Crippen LogP contribution in [-0.4, -0.2) is 56.1 Å². The third kappa shape index (κ3) is 4.11. The zero-order valence-electron chi connectivity index (χ0n) is 9.24. The summed E-state index contributed by atoms with van der Waals surface area (Å²) in [6.07, 6.45) is 0.816. The molecule has 0 bridgehead atoms. The predicted octanol–water partition coefficient (Wildman–Crippen LogP) is 0.553. The van der Waals surface area contributed by atoms with Gasteiger partial charge in [0, 0.05) is 20.6 Å². The number of carbonyl (C=O) groups is 2. The molecule has 0 spiro atoms. The standard InChI is InChI=1S/C9H18N2O3/c1-5-6-11(7-8(12)14-4)9(13)10(2)3/h5-7H2,1-4H3. The Morgan fingerprint density at radius 2 is 1.86 bits per heavy atom.